The van der Waals surface area contributed by atoms with Crippen molar-refractivity contribution in [1.29, 1.82) is 0 Å². The van der Waals surface area contributed by atoms with Crippen molar-refractivity contribution in [1.82, 2.24) is 9.80 Å². The van der Waals surface area contributed by atoms with Gasteiger partial charge in [0.05, 0.1) is 0 Å². The van der Waals surface area contributed by atoms with E-state index in [0.29, 0.717) is 6.04 Å². The molecule has 0 aliphatic carbocycles. The van der Waals surface area contributed by atoms with Crippen molar-refractivity contribution in [2.24, 2.45) is 0 Å². The van der Waals surface area contributed by atoms with E-state index in [-0.39, 0.29) is 0 Å². The summed E-state index contributed by atoms with van der Waals surface area (Å²) in [6.45, 7) is 7.84. The van der Waals surface area contributed by atoms with Gasteiger partial charge in [0, 0.05) is 43.8 Å². The largest absolute Gasteiger partial charge is 0.297 e. The third-order valence-corrected chi connectivity index (χ3v) is 6.88. The Bertz CT molecular complexity index is 988. The summed E-state index contributed by atoms with van der Waals surface area (Å²) in [5.74, 6) is 0. The van der Waals surface area contributed by atoms with Crippen molar-refractivity contribution in [3.8, 4) is 11.1 Å². The number of benzene rings is 3. The molecule has 0 aromatic heterocycles. The summed E-state index contributed by atoms with van der Waals surface area (Å²) in [6.07, 6.45) is 8.27. The highest BCUT2D eigenvalue weighted by atomic mass is 35.5. The van der Waals surface area contributed by atoms with Gasteiger partial charge in [0.2, 0.25) is 0 Å². The van der Waals surface area contributed by atoms with E-state index in [1.807, 2.05) is 12.1 Å². The molecule has 1 unspecified atom stereocenters. The number of rotatable bonds is 9. The first-order valence-corrected chi connectivity index (χ1v) is 12.6. The van der Waals surface area contributed by atoms with Crippen LogP contribution in [-0.2, 0) is 0 Å². The lowest BCUT2D eigenvalue weighted by atomic mass is 9.96. The van der Waals surface area contributed by atoms with Gasteiger partial charge in [0.1, 0.15) is 0 Å². The molecule has 0 saturated carbocycles. The normalized spacial score (nSPS) is 16.3. The van der Waals surface area contributed by atoms with Gasteiger partial charge in [-0.25, -0.2) is 0 Å². The molecule has 3 heteroatoms. The number of nitrogens with zero attached hydrogens (tertiary/aromatic N) is 2. The zero-order chi connectivity index (χ0) is 22.9. The molecule has 1 aliphatic heterocycles. The molecule has 1 saturated heterocycles. The lowest BCUT2D eigenvalue weighted by molar-refractivity contribution is 0.0975. The monoisotopic (exact) mass is 458 g/mol. The van der Waals surface area contributed by atoms with Gasteiger partial charge in [0.15, 0.2) is 0 Å². The van der Waals surface area contributed by atoms with E-state index in [1.165, 1.54) is 41.5 Å². The Morgan fingerprint density at radius 3 is 2.09 bits per heavy atom. The molecule has 2 nitrogen and oxygen atoms in total. The number of hydrogen-bond acceptors (Lipinski definition) is 2. The molecule has 3 aromatic rings. The maximum absolute atomic E-state index is 6.05. The molecule has 1 atom stereocenters. The van der Waals surface area contributed by atoms with E-state index >= 15 is 0 Å². The van der Waals surface area contributed by atoms with Crippen LogP contribution in [0, 0.1) is 0 Å². The maximum Gasteiger partial charge on any atom is 0.0406 e. The predicted octanol–water partition coefficient (Wildman–Crippen LogP) is 7.57. The second-order valence-electron chi connectivity index (χ2n) is 8.94. The summed E-state index contributed by atoms with van der Waals surface area (Å²) in [5, 5.41) is 0.782. The van der Waals surface area contributed by atoms with E-state index in [2.05, 4.69) is 95.6 Å². The Hall–Kier alpha value is -2.39. The van der Waals surface area contributed by atoms with Gasteiger partial charge >= 0.3 is 0 Å². The standard InChI is InChI=1S/C30H35ClN2/c1-2-3-11-30(28-14-12-26(13-15-28)27-16-18-29(31)19-17-27)33-23-21-32(22-24-33)20-7-10-25-8-5-4-6-9-25/h4-10,12-19,30H,2-3,11,20-24H2,1H3/b10-7+. The molecule has 1 fully saturated rings. The van der Waals surface area contributed by atoms with Crippen molar-refractivity contribution in [2.45, 2.75) is 32.2 Å². The minimum absolute atomic E-state index is 0.506. The molecule has 3 aromatic carbocycles. The van der Waals surface area contributed by atoms with Gasteiger partial charge in [-0.15, -0.1) is 0 Å². The highest BCUT2D eigenvalue weighted by Crippen LogP contribution is 2.30. The van der Waals surface area contributed by atoms with Crippen LogP contribution < -0.4 is 0 Å². The van der Waals surface area contributed by atoms with E-state index < -0.39 is 0 Å². The van der Waals surface area contributed by atoms with Crippen molar-refractivity contribution in [2.75, 3.05) is 32.7 Å². The summed E-state index contributed by atoms with van der Waals surface area (Å²) in [7, 11) is 0. The number of halogens is 1. The minimum Gasteiger partial charge on any atom is -0.297 e. The summed E-state index contributed by atoms with van der Waals surface area (Å²) >= 11 is 6.05. The Kier molecular flexibility index (Phi) is 8.77. The quantitative estimate of drug-likeness (QED) is 0.326. The van der Waals surface area contributed by atoms with Gasteiger partial charge in [-0.2, -0.15) is 0 Å². The van der Waals surface area contributed by atoms with Crippen molar-refractivity contribution < 1.29 is 0 Å². The SMILES string of the molecule is CCCCC(c1ccc(-c2ccc(Cl)cc2)cc1)N1CCN(C/C=C/c2ccccc2)CC1. The van der Waals surface area contributed by atoms with Crippen molar-refractivity contribution in [3.63, 3.8) is 0 Å². The molecule has 0 bridgehead atoms. The fraction of sp³-hybridized carbons (Fsp3) is 0.333. The molecule has 4 rings (SSSR count). The van der Waals surface area contributed by atoms with Gasteiger partial charge in [0.25, 0.3) is 0 Å². The molecule has 1 aliphatic rings. The van der Waals surface area contributed by atoms with Crippen LogP contribution in [0.4, 0.5) is 0 Å². The summed E-state index contributed by atoms with van der Waals surface area (Å²) in [4.78, 5) is 5.26. The van der Waals surface area contributed by atoms with Crippen LogP contribution in [0.25, 0.3) is 17.2 Å². The van der Waals surface area contributed by atoms with Gasteiger partial charge in [-0.05, 0) is 40.8 Å². The Morgan fingerprint density at radius 2 is 1.45 bits per heavy atom. The highest BCUT2D eigenvalue weighted by Gasteiger charge is 2.24. The van der Waals surface area contributed by atoms with Crippen LogP contribution in [0.3, 0.4) is 0 Å². The number of piperazine rings is 1. The van der Waals surface area contributed by atoms with E-state index in [4.69, 9.17) is 11.6 Å². The van der Waals surface area contributed by atoms with Crippen LogP contribution in [0.15, 0.2) is 84.9 Å². The fourth-order valence-corrected chi connectivity index (χ4v) is 4.78. The van der Waals surface area contributed by atoms with E-state index in [1.54, 1.807) is 0 Å². The van der Waals surface area contributed by atoms with Crippen LogP contribution in [0.1, 0.15) is 43.4 Å². The second kappa shape index (κ2) is 12.2. The molecule has 0 amide bonds. The Labute approximate surface area is 204 Å². The highest BCUT2D eigenvalue weighted by molar-refractivity contribution is 6.30. The molecular formula is C30H35ClN2. The van der Waals surface area contributed by atoms with Gasteiger partial charge < -0.3 is 0 Å². The third kappa shape index (κ3) is 6.80. The van der Waals surface area contributed by atoms with Gasteiger partial charge in [-0.1, -0.05) is 110 Å². The predicted molar refractivity (Wildman–Crippen MR) is 143 cm³/mol. The van der Waals surface area contributed by atoms with Crippen LogP contribution >= 0.6 is 11.6 Å². The molecular weight excluding hydrogens is 424 g/mol. The second-order valence-corrected chi connectivity index (χ2v) is 9.37. The summed E-state index contributed by atoms with van der Waals surface area (Å²) < 4.78 is 0. The first-order valence-electron chi connectivity index (χ1n) is 12.3. The molecule has 0 radical (unpaired) electrons. The number of hydrogen-bond donors (Lipinski definition) is 0. The summed E-state index contributed by atoms with van der Waals surface area (Å²) in [6, 6.07) is 28.4. The lowest BCUT2D eigenvalue weighted by Gasteiger charge is -2.39. The zero-order valence-corrected chi connectivity index (χ0v) is 20.4. The topological polar surface area (TPSA) is 6.48 Å². The smallest absolute Gasteiger partial charge is 0.0406 e. The maximum atomic E-state index is 6.05. The summed E-state index contributed by atoms with van der Waals surface area (Å²) in [5.41, 5.74) is 5.18. The van der Waals surface area contributed by atoms with Gasteiger partial charge in [-0.3, -0.25) is 9.80 Å². The van der Waals surface area contributed by atoms with E-state index in [0.717, 1.165) is 37.7 Å². The molecule has 0 N–H and O–H groups in total. The lowest BCUT2D eigenvalue weighted by Crippen LogP contribution is -2.47. The van der Waals surface area contributed by atoms with Crippen molar-refractivity contribution >= 4 is 17.7 Å². The Morgan fingerprint density at radius 1 is 0.818 bits per heavy atom. The average Bonchev–Trinajstić information content (AvgIpc) is 2.87. The molecule has 1 heterocycles. The molecule has 33 heavy (non-hydrogen) atoms. The first-order chi connectivity index (χ1) is 16.2. The Balaban J connectivity index is 1.36. The minimum atomic E-state index is 0.506. The average molecular weight is 459 g/mol. The van der Waals surface area contributed by atoms with Crippen LogP contribution in [0.5, 0.6) is 0 Å². The van der Waals surface area contributed by atoms with E-state index in [9.17, 15) is 0 Å². The first kappa shape index (κ1) is 23.8. The molecule has 0 spiro atoms. The number of unbranched alkanes of at least 4 members (excludes halogenated alkanes) is 1. The zero-order valence-electron chi connectivity index (χ0n) is 19.7. The fourth-order valence-electron chi connectivity index (χ4n) is 4.66. The van der Waals surface area contributed by atoms with Crippen LogP contribution in [-0.4, -0.2) is 42.5 Å². The molecule has 172 valence electrons. The van der Waals surface area contributed by atoms with Crippen molar-refractivity contribution in [3.05, 3.63) is 101 Å². The van der Waals surface area contributed by atoms with Crippen LogP contribution in [0.2, 0.25) is 5.02 Å². The third-order valence-electron chi connectivity index (χ3n) is 6.63.